The highest BCUT2D eigenvalue weighted by Gasteiger charge is 2.40. The zero-order valence-electron chi connectivity index (χ0n) is 12.9. The molecule has 120 valence electrons. The number of esters is 1. The van der Waals surface area contributed by atoms with Gasteiger partial charge in [0.25, 0.3) is 0 Å². The fourth-order valence-electron chi connectivity index (χ4n) is 2.63. The van der Waals surface area contributed by atoms with Gasteiger partial charge in [0.15, 0.2) is 12.1 Å². The lowest BCUT2D eigenvalue weighted by molar-refractivity contribution is -0.143. The molecule has 3 aromatic rings. The number of rotatable bonds is 3. The third-order valence-electron chi connectivity index (χ3n) is 3.80. The Morgan fingerprint density at radius 1 is 1.12 bits per heavy atom. The van der Waals surface area contributed by atoms with Gasteiger partial charge in [-0.15, -0.1) is 11.3 Å². The molecule has 4 rings (SSSR count). The van der Waals surface area contributed by atoms with Gasteiger partial charge in [0, 0.05) is 5.56 Å². The summed E-state index contributed by atoms with van der Waals surface area (Å²) in [6.07, 6.45) is -0.565. The van der Waals surface area contributed by atoms with Crippen LogP contribution in [-0.4, -0.2) is 30.0 Å². The van der Waals surface area contributed by atoms with Crippen LogP contribution in [0.3, 0.4) is 0 Å². The number of hydrogen-bond donors (Lipinski definition) is 0. The van der Waals surface area contributed by atoms with Crippen LogP contribution in [-0.2, 0) is 14.3 Å². The monoisotopic (exact) mass is 338 g/mol. The summed E-state index contributed by atoms with van der Waals surface area (Å²) in [5, 5.41) is 0.723. The molecule has 0 fully saturated rings. The minimum Gasteiger partial charge on any atom is -0.467 e. The van der Waals surface area contributed by atoms with E-state index in [1.807, 2.05) is 54.6 Å². The highest BCUT2D eigenvalue weighted by Crippen LogP contribution is 2.36. The predicted molar refractivity (Wildman–Crippen MR) is 92.2 cm³/mol. The molecule has 0 amide bonds. The van der Waals surface area contributed by atoms with E-state index < -0.39 is 18.1 Å². The Bertz CT molecular complexity index is 887. The van der Waals surface area contributed by atoms with Gasteiger partial charge in [-0.2, -0.15) is 0 Å². The maximum absolute atomic E-state index is 12.2. The van der Waals surface area contributed by atoms with Gasteiger partial charge < -0.3 is 9.47 Å². The first-order valence-corrected chi connectivity index (χ1v) is 8.31. The molecule has 2 aromatic carbocycles. The van der Waals surface area contributed by atoms with E-state index in [2.05, 4.69) is 9.98 Å². The summed E-state index contributed by atoms with van der Waals surface area (Å²) in [5.41, 5.74) is 1.72. The van der Waals surface area contributed by atoms with Crippen molar-refractivity contribution < 1.29 is 14.3 Å². The zero-order valence-corrected chi connectivity index (χ0v) is 13.7. The SMILES string of the molecule is COC(=O)C1N=C(c2ccccc2)OC1c1nc2ccccc2s1. The Hall–Kier alpha value is -2.73. The van der Waals surface area contributed by atoms with Crippen molar-refractivity contribution in [3.05, 3.63) is 65.2 Å². The molecule has 0 saturated heterocycles. The fraction of sp³-hybridized carbons (Fsp3) is 0.167. The fourth-order valence-corrected chi connectivity index (χ4v) is 3.65. The number of benzene rings is 2. The van der Waals surface area contributed by atoms with Crippen LogP contribution in [0.4, 0.5) is 0 Å². The first kappa shape index (κ1) is 14.8. The maximum Gasteiger partial charge on any atom is 0.335 e. The van der Waals surface area contributed by atoms with E-state index in [9.17, 15) is 4.79 Å². The molecular weight excluding hydrogens is 324 g/mol. The first-order valence-electron chi connectivity index (χ1n) is 7.49. The van der Waals surface area contributed by atoms with Crippen LogP contribution in [0.25, 0.3) is 10.2 Å². The summed E-state index contributed by atoms with van der Waals surface area (Å²) in [4.78, 5) is 21.2. The Morgan fingerprint density at radius 3 is 2.62 bits per heavy atom. The summed E-state index contributed by atoms with van der Waals surface area (Å²) >= 11 is 1.51. The van der Waals surface area contributed by atoms with Crippen molar-refractivity contribution in [1.82, 2.24) is 4.98 Å². The summed E-state index contributed by atoms with van der Waals surface area (Å²) in [7, 11) is 1.35. The molecule has 24 heavy (non-hydrogen) atoms. The van der Waals surface area contributed by atoms with Crippen LogP contribution >= 0.6 is 11.3 Å². The molecule has 0 aliphatic carbocycles. The number of aliphatic imine (C=N–C) groups is 1. The van der Waals surface area contributed by atoms with Gasteiger partial charge in [0.05, 0.1) is 17.3 Å². The number of hydrogen-bond acceptors (Lipinski definition) is 6. The average Bonchev–Trinajstić information content (AvgIpc) is 3.25. The molecule has 0 radical (unpaired) electrons. The second-order valence-electron chi connectivity index (χ2n) is 5.33. The van der Waals surface area contributed by atoms with E-state index in [1.165, 1.54) is 18.4 Å². The third kappa shape index (κ3) is 2.55. The number of ether oxygens (including phenoxy) is 2. The number of nitrogens with zero attached hydrogens (tertiary/aromatic N) is 2. The minimum atomic E-state index is -0.745. The number of carbonyl (C=O) groups is 1. The Balaban J connectivity index is 1.73. The van der Waals surface area contributed by atoms with Crippen LogP contribution < -0.4 is 0 Å². The molecule has 6 heteroatoms. The van der Waals surface area contributed by atoms with Crippen molar-refractivity contribution in [2.24, 2.45) is 4.99 Å². The smallest absolute Gasteiger partial charge is 0.335 e. The van der Waals surface area contributed by atoms with E-state index in [0.717, 1.165) is 20.8 Å². The highest BCUT2D eigenvalue weighted by atomic mass is 32.1. The van der Waals surface area contributed by atoms with Crippen LogP contribution in [0, 0.1) is 0 Å². The summed E-state index contributed by atoms with van der Waals surface area (Å²) in [5.74, 6) is 0.0143. The van der Waals surface area contributed by atoms with Gasteiger partial charge in [-0.3, -0.25) is 0 Å². The predicted octanol–water partition coefficient (Wildman–Crippen LogP) is 3.36. The van der Waals surface area contributed by atoms with E-state index in [-0.39, 0.29) is 0 Å². The average molecular weight is 338 g/mol. The topological polar surface area (TPSA) is 60.8 Å². The Kier molecular flexibility index (Phi) is 3.74. The molecule has 2 unspecified atom stereocenters. The van der Waals surface area contributed by atoms with E-state index in [1.54, 1.807) is 0 Å². The van der Waals surface area contributed by atoms with Crippen molar-refractivity contribution in [3.8, 4) is 0 Å². The van der Waals surface area contributed by atoms with Crippen LogP contribution in [0.5, 0.6) is 0 Å². The third-order valence-corrected chi connectivity index (χ3v) is 4.90. The maximum atomic E-state index is 12.2. The molecule has 2 atom stereocenters. The molecule has 0 bridgehead atoms. The lowest BCUT2D eigenvalue weighted by atomic mass is 10.2. The van der Waals surface area contributed by atoms with Crippen molar-refractivity contribution in [2.45, 2.75) is 12.1 Å². The second-order valence-corrected chi connectivity index (χ2v) is 6.39. The number of thiazole rings is 1. The van der Waals surface area contributed by atoms with Gasteiger partial charge in [0.2, 0.25) is 5.90 Å². The number of carbonyl (C=O) groups excluding carboxylic acids is 1. The van der Waals surface area contributed by atoms with Gasteiger partial charge in [-0.1, -0.05) is 30.3 Å². The molecule has 2 heterocycles. The van der Waals surface area contributed by atoms with Crippen molar-refractivity contribution in [3.63, 3.8) is 0 Å². The molecule has 0 saturated carbocycles. The van der Waals surface area contributed by atoms with E-state index >= 15 is 0 Å². The van der Waals surface area contributed by atoms with Crippen molar-refractivity contribution >= 4 is 33.4 Å². The van der Waals surface area contributed by atoms with Gasteiger partial charge in [-0.25, -0.2) is 14.8 Å². The van der Waals surface area contributed by atoms with Gasteiger partial charge in [0.1, 0.15) is 5.01 Å². The molecular formula is C18H14N2O3S. The molecule has 1 aliphatic heterocycles. The van der Waals surface area contributed by atoms with Gasteiger partial charge in [-0.05, 0) is 24.3 Å². The highest BCUT2D eigenvalue weighted by molar-refractivity contribution is 7.18. The van der Waals surface area contributed by atoms with Gasteiger partial charge >= 0.3 is 5.97 Å². The molecule has 5 nitrogen and oxygen atoms in total. The first-order chi connectivity index (χ1) is 11.8. The largest absolute Gasteiger partial charge is 0.467 e. The normalized spacial score (nSPS) is 19.8. The standard InChI is InChI=1S/C18H14N2O3S/c1-22-18(21)14-15(17-19-12-9-5-6-10-13(12)24-17)23-16(20-14)11-7-3-2-4-8-11/h2-10,14-15H,1H3. The second kappa shape index (κ2) is 6.05. The number of fused-ring (bicyclic) bond motifs is 1. The lowest BCUT2D eigenvalue weighted by Gasteiger charge is -2.13. The molecule has 1 aromatic heterocycles. The number of para-hydroxylation sites is 1. The van der Waals surface area contributed by atoms with Crippen LogP contribution in [0.1, 0.15) is 16.7 Å². The summed E-state index contributed by atoms with van der Waals surface area (Å²) in [6, 6.07) is 16.6. The Morgan fingerprint density at radius 2 is 1.88 bits per heavy atom. The van der Waals surface area contributed by atoms with Crippen LogP contribution in [0.15, 0.2) is 59.6 Å². The molecule has 0 N–H and O–H groups in total. The minimum absolute atomic E-state index is 0.426. The quantitative estimate of drug-likeness (QED) is 0.687. The van der Waals surface area contributed by atoms with E-state index in [0.29, 0.717) is 5.90 Å². The summed E-state index contributed by atoms with van der Waals surface area (Å²) < 4.78 is 11.9. The molecule has 0 spiro atoms. The lowest BCUT2D eigenvalue weighted by Crippen LogP contribution is -2.25. The van der Waals surface area contributed by atoms with E-state index in [4.69, 9.17) is 9.47 Å². The summed E-state index contributed by atoms with van der Waals surface area (Å²) in [6.45, 7) is 0. The Labute approximate surface area is 142 Å². The van der Waals surface area contributed by atoms with Crippen LogP contribution in [0.2, 0.25) is 0 Å². The molecule has 1 aliphatic rings. The number of aromatic nitrogens is 1. The number of methoxy groups -OCH3 is 1. The van der Waals surface area contributed by atoms with Crippen molar-refractivity contribution in [1.29, 1.82) is 0 Å². The zero-order chi connectivity index (χ0) is 16.5. The van der Waals surface area contributed by atoms with Crippen molar-refractivity contribution in [2.75, 3.05) is 7.11 Å².